The van der Waals surface area contributed by atoms with E-state index in [0.717, 1.165) is 12.6 Å². The number of nitrogens with zero attached hydrogens (tertiary/aromatic N) is 1. The minimum Gasteiger partial charge on any atom is -0.355 e. The lowest BCUT2D eigenvalue weighted by molar-refractivity contribution is -0.138. The quantitative estimate of drug-likeness (QED) is 0.774. The third-order valence-electron chi connectivity index (χ3n) is 4.56. The molecular weight excluding hydrogens is 343 g/mol. The molecule has 0 aromatic heterocycles. The van der Waals surface area contributed by atoms with Gasteiger partial charge in [-0.05, 0) is 30.9 Å². The highest BCUT2D eigenvalue weighted by atomic mass is 19.4. The van der Waals surface area contributed by atoms with Crippen LogP contribution in [-0.4, -0.2) is 42.5 Å². The molecule has 1 heterocycles. The van der Waals surface area contributed by atoms with Crippen LogP contribution in [0.5, 0.6) is 0 Å². The number of nitrogens with one attached hydrogen (secondary N) is 2. The first-order valence-electron chi connectivity index (χ1n) is 9.12. The summed E-state index contributed by atoms with van der Waals surface area (Å²) in [5.41, 5.74) is -0.373. The SMILES string of the molecule is CCNC(=O)[C@@H]1C[C@@H](NCc2ccccc2C(F)(F)F)CN1CC(C)C. The van der Waals surface area contributed by atoms with Gasteiger partial charge < -0.3 is 10.6 Å². The van der Waals surface area contributed by atoms with Gasteiger partial charge in [0.2, 0.25) is 5.91 Å². The molecule has 0 saturated carbocycles. The second-order valence-electron chi connectivity index (χ2n) is 7.23. The molecule has 4 nitrogen and oxygen atoms in total. The minimum atomic E-state index is -4.36. The minimum absolute atomic E-state index is 0.00635. The summed E-state index contributed by atoms with van der Waals surface area (Å²) >= 11 is 0. The third-order valence-corrected chi connectivity index (χ3v) is 4.56. The van der Waals surface area contributed by atoms with Gasteiger partial charge in [0, 0.05) is 32.2 Å². The van der Waals surface area contributed by atoms with E-state index in [1.165, 1.54) is 12.1 Å². The van der Waals surface area contributed by atoms with Crippen molar-refractivity contribution in [2.45, 2.75) is 52.0 Å². The molecule has 1 aromatic carbocycles. The Morgan fingerprint density at radius 1 is 1.31 bits per heavy atom. The smallest absolute Gasteiger partial charge is 0.355 e. The maximum absolute atomic E-state index is 13.1. The molecular formula is C19H28F3N3O. The van der Waals surface area contributed by atoms with E-state index in [1.54, 1.807) is 6.07 Å². The van der Waals surface area contributed by atoms with E-state index in [2.05, 4.69) is 29.4 Å². The zero-order chi connectivity index (χ0) is 19.3. The third kappa shape index (κ3) is 5.45. The van der Waals surface area contributed by atoms with Crippen LogP contribution in [0.1, 0.15) is 38.3 Å². The number of carbonyl (C=O) groups is 1. The summed E-state index contributed by atoms with van der Waals surface area (Å²) in [6, 6.07) is 5.38. The number of carbonyl (C=O) groups excluding carboxylic acids is 1. The lowest BCUT2D eigenvalue weighted by Crippen LogP contribution is -2.44. The van der Waals surface area contributed by atoms with Crippen molar-refractivity contribution in [3.8, 4) is 0 Å². The van der Waals surface area contributed by atoms with E-state index in [0.29, 0.717) is 25.4 Å². The second-order valence-corrected chi connectivity index (χ2v) is 7.23. The monoisotopic (exact) mass is 371 g/mol. The first kappa shape index (κ1) is 20.7. The van der Waals surface area contributed by atoms with Crippen LogP contribution in [0.3, 0.4) is 0 Å². The van der Waals surface area contributed by atoms with Crippen LogP contribution in [0.4, 0.5) is 13.2 Å². The highest BCUT2D eigenvalue weighted by Crippen LogP contribution is 2.32. The molecule has 1 aliphatic heterocycles. The Kier molecular flexibility index (Phi) is 7.06. The molecule has 0 radical (unpaired) electrons. The van der Waals surface area contributed by atoms with E-state index in [4.69, 9.17) is 0 Å². The first-order chi connectivity index (χ1) is 12.2. The molecule has 0 aliphatic carbocycles. The zero-order valence-corrected chi connectivity index (χ0v) is 15.6. The molecule has 7 heteroatoms. The van der Waals surface area contributed by atoms with Gasteiger partial charge in [0.1, 0.15) is 0 Å². The van der Waals surface area contributed by atoms with Gasteiger partial charge in [-0.25, -0.2) is 0 Å². The highest BCUT2D eigenvalue weighted by Gasteiger charge is 2.37. The maximum atomic E-state index is 13.1. The summed E-state index contributed by atoms with van der Waals surface area (Å²) in [5.74, 6) is 0.407. The first-order valence-corrected chi connectivity index (χ1v) is 9.12. The van der Waals surface area contributed by atoms with Crippen LogP contribution < -0.4 is 10.6 Å². The lowest BCUT2D eigenvalue weighted by atomic mass is 10.1. The Balaban J connectivity index is 2.03. The number of hydrogen-bond donors (Lipinski definition) is 2. The summed E-state index contributed by atoms with van der Waals surface area (Å²) < 4.78 is 39.4. The number of hydrogen-bond acceptors (Lipinski definition) is 3. The van der Waals surface area contributed by atoms with Crippen molar-refractivity contribution in [2.24, 2.45) is 5.92 Å². The Bertz CT molecular complexity index is 604. The van der Waals surface area contributed by atoms with Crippen molar-refractivity contribution in [2.75, 3.05) is 19.6 Å². The lowest BCUT2D eigenvalue weighted by Gasteiger charge is -2.25. The zero-order valence-electron chi connectivity index (χ0n) is 15.6. The van der Waals surface area contributed by atoms with Crippen molar-refractivity contribution in [3.63, 3.8) is 0 Å². The molecule has 1 amide bonds. The predicted octanol–water partition coefficient (Wildman–Crippen LogP) is 3.03. The van der Waals surface area contributed by atoms with E-state index in [9.17, 15) is 18.0 Å². The van der Waals surface area contributed by atoms with Crippen LogP contribution in [-0.2, 0) is 17.5 Å². The normalized spacial score (nSPS) is 21.3. The van der Waals surface area contributed by atoms with E-state index in [1.807, 2.05) is 6.92 Å². The molecule has 2 N–H and O–H groups in total. The fourth-order valence-corrected chi connectivity index (χ4v) is 3.49. The number of amides is 1. The van der Waals surface area contributed by atoms with E-state index < -0.39 is 11.7 Å². The largest absolute Gasteiger partial charge is 0.416 e. The number of likely N-dealkylation sites (N-methyl/N-ethyl adjacent to an activating group) is 1. The fraction of sp³-hybridized carbons (Fsp3) is 0.632. The molecule has 0 unspecified atom stereocenters. The Morgan fingerprint density at radius 3 is 2.62 bits per heavy atom. The predicted molar refractivity (Wildman–Crippen MR) is 95.6 cm³/mol. The van der Waals surface area contributed by atoms with E-state index in [-0.39, 0.29) is 30.1 Å². The van der Waals surface area contributed by atoms with Crippen molar-refractivity contribution in [1.82, 2.24) is 15.5 Å². The average molecular weight is 371 g/mol. The Morgan fingerprint density at radius 2 is 2.00 bits per heavy atom. The molecule has 0 spiro atoms. The summed E-state index contributed by atoms with van der Waals surface area (Å²) in [4.78, 5) is 14.4. The average Bonchev–Trinajstić information content (AvgIpc) is 2.94. The molecule has 1 fully saturated rings. The molecule has 2 rings (SSSR count). The fourth-order valence-electron chi connectivity index (χ4n) is 3.49. The summed E-state index contributed by atoms with van der Waals surface area (Å²) in [6.07, 6.45) is -3.76. The Hall–Kier alpha value is -1.60. The molecule has 1 aromatic rings. The Labute approximate surface area is 153 Å². The topological polar surface area (TPSA) is 44.4 Å². The van der Waals surface area contributed by atoms with Crippen molar-refractivity contribution < 1.29 is 18.0 Å². The van der Waals surface area contributed by atoms with Crippen LogP contribution in [0.2, 0.25) is 0 Å². The maximum Gasteiger partial charge on any atom is 0.416 e. The van der Waals surface area contributed by atoms with Crippen molar-refractivity contribution in [3.05, 3.63) is 35.4 Å². The van der Waals surface area contributed by atoms with E-state index >= 15 is 0 Å². The number of likely N-dealkylation sites (tertiary alicyclic amines) is 1. The standard InChI is InChI=1S/C19H28F3N3O/c1-4-23-18(26)17-9-15(12-25(17)11-13(2)3)24-10-14-7-5-6-8-16(14)19(20,21)22/h5-8,13,15,17,24H,4,9-12H2,1-3H3,(H,23,26)/t15-,17+/m1/s1. The van der Waals surface area contributed by atoms with Gasteiger partial charge in [-0.3, -0.25) is 9.69 Å². The number of rotatable bonds is 7. The van der Waals surface area contributed by atoms with Gasteiger partial charge in [0.15, 0.2) is 0 Å². The van der Waals surface area contributed by atoms with Gasteiger partial charge in [0.25, 0.3) is 0 Å². The summed E-state index contributed by atoms with van der Waals surface area (Å²) in [6.45, 7) is 8.22. The van der Waals surface area contributed by atoms with Gasteiger partial charge >= 0.3 is 6.18 Å². The summed E-state index contributed by atoms with van der Waals surface area (Å²) in [7, 11) is 0. The molecule has 2 atom stereocenters. The van der Waals surface area contributed by atoms with Crippen LogP contribution in [0.15, 0.2) is 24.3 Å². The molecule has 1 saturated heterocycles. The molecule has 0 bridgehead atoms. The molecule has 26 heavy (non-hydrogen) atoms. The van der Waals surface area contributed by atoms with Gasteiger partial charge in [-0.15, -0.1) is 0 Å². The highest BCUT2D eigenvalue weighted by molar-refractivity contribution is 5.82. The van der Waals surface area contributed by atoms with Crippen LogP contribution >= 0.6 is 0 Å². The number of benzene rings is 1. The summed E-state index contributed by atoms with van der Waals surface area (Å²) in [5, 5.41) is 6.08. The van der Waals surface area contributed by atoms with Crippen LogP contribution in [0, 0.1) is 5.92 Å². The van der Waals surface area contributed by atoms with Crippen LogP contribution in [0.25, 0.3) is 0 Å². The van der Waals surface area contributed by atoms with Crippen molar-refractivity contribution >= 4 is 5.91 Å². The number of halogens is 3. The second kappa shape index (κ2) is 8.86. The molecule has 146 valence electrons. The van der Waals surface area contributed by atoms with Crippen molar-refractivity contribution in [1.29, 1.82) is 0 Å². The molecule has 1 aliphatic rings. The number of alkyl halides is 3. The van der Waals surface area contributed by atoms with Gasteiger partial charge in [-0.2, -0.15) is 13.2 Å². The van der Waals surface area contributed by atoms with Gasteiger partial charge in [-0.1, -0.05) is 32.0 Å². The van der Waals surface area contributed by atoms with Gasteiger partial charge in [0.05, 0.1) is 11.6 Å².